The lowest BCUT2D eigenvalue weighted by Crippen LogP contribution is -2.09. The first-order valence-electron chi connectivity index (χ1n) is 5.83. The summed E-state index contributed by atoms with van der Waals surface area (Å²) in [4.78, 5) is 12.1. The lowest BCUT2D eigenvalue weighted by molar-refractivity contribution is -0.110. The van der Waals surface area contributed by atoms with Crippen LogP contribution in [-0.2, 0) is 4.79 Å². The average Bonchev–Trinajstić information content (AvgIpc) is 2.74. The van der Waals surface area contributed by atoms with Gasteiger partial charge in [-0.3, -0.25) is 4.79 Å². The quantitative estimate of drug-likeness (QED) is 0.605. The van der Waals surface area contributed by atoms with Gasteiger partial charge < -0.3 is 11.1 Å². The molecular formula is C15H11IN2O. The Morgan fingerprint density at radius 3 is 2.68 bits per heavy atom. The summed E-state index contributed by atoms with van der Waals surface area (Å²) in [5, 5.41) is 2.83. The fraction of sp³-hybridized carbons (Fsp3) is 0. The third kappa shape index (κ3) is 2.12. The predicted molar refractivity (Wildman–Crippen MR) is 85.2 cm³/mol. The van der Waals surface area contributed by atoms with E-state index in [9.17, 15) is 4.79 Å². The number of hydrogen-bond acceptors (Lipinski definition) is 2. The smallest absolute Gasteiger partial charge is 0.258 e. The summed E-state index contributed by atoms with van der Waals surface area (Å²) >= 11 is 2.23. The van der Waals surface area contributed by atoms with Crippen molar-refractivity contribution < 1.29 is 4.79 Å². The molecule has 4 heteroatoms. The lowest BCUT2D eigenvalue weighted by Gasteiger charge is -2.06. The number of halogens is 1. The van der Waals surface area contributed by atoms with Crippen molar-refractivity contribution in [3.05, 3.63) is 63.2 Å². The number of carbonyl (C=O) groups excluding carboxylic acids is 1. The Labute approximate surface area is 124 Å². The van der Waals surface area contributed by atoms with Crippen molar-refractivity contribution in [2.45, 2.75) is 0 Å². The molecule has 0 aliphatic carbocycles. The summed E-state index contributed by atoms with van der Waals surface area (Å²) in [6.07, 6.45) is 0. The maximum Gasteiger partial charge on any atom is 0.258 e. The molecule has 2 aromatic rings. The van der Waals surface area contributed by atoms with Crippen LogP contribution < -0.4 is 11.1 Å². The molecule has 0 unspecified atom stereocenters. The van der Waals surface area contributed by atoms with Gasteiger partial charge in [-0.25, -0.2) is 0 Å². The molecule has 0 saturated carbocycles. The highest BCUT2D eigenvalue weighted by Crippen LogP contribution is 2.34. The minimum atomic E-state index is -0.141. The number of amides is 1. The van der Waals surface area contributed by atoms with Gasteiger partial charge in [0, 0.05) is 14.8 Å². The van der Waals surface area contributed by atoms with E-state index in [4.69, 9.17) is 5.73 Å². The third-order valence-electron chi connectivity index (χ3n) is 3.08. The van der Waals surface area contributed by atoms with Gasteiger partial charge in [0.15, 0.2) is 0 Å². The van der Waals surface area contributed by atoms with Crippen molar-refractivity contribution in [3.63, 3.8) is 0 Å². The second-order valence-electron chi connectivity index (χ2n) is 4.30. The maximum absolute atomic E-state index is 12.1. The van der Waals surface area contributed by atoms with Gasteiger partial charge in [0.25, 0.3) is 5.91 Å². The molecule has 0 radical (unpaired) electrons. The highest BCUT2D eigenvalue weighted by atomic mass is 127. The number of rotatable bonds is 1. The van der Waals surface area contributed by atoms with Crippen LogP contribution in [0.2, 0.25) is 0 Å². The first-order chi connectivity index (χ1) is 9.16. The van der Waals surface area contributed by atoms with Crippen molar-refractivity contribution >= 4 is 45.5 Å². The highest BCUT2D eigenvalue weighted by Gasteiger charge is 2.26. The third-order valence-corrected chi connectivity index (χ3v) is 3.75. The van der Waals surface area contributed by atoms with E-state index in [-0.39, 0.29) is 5.91 Å². The van der Waals surface area contributed by atoms with Gasteiger partial charge in [0.2, 0.25) is 0 Å². The number of nitrogens with one attached hydrogen (secondary N) is 1. The molecule has 3 rings (SSSR count). The van der Waals surface area contributed by atoms with Gasteiger partial charge in [0.1, 0.15) is 0 Å². The molecule has 1 heterocycles. The van der Waals surface area contributed by atoms with Crippen LogP contribution in [0.5, 0.6) is 0 Å². The van der Waals surface area contributed by atoms with Crippen molar-refractivity contribution in [2.75, 3.05) is 5.32 Å². The zero-order valence-electron chi connectivity index (χ0n) is 9.98. The first-order valence-corrected chi connectivity index (χ1v) is 6.91. The Morgan fingerprint density at radius 2 is 1.89 bits per heavy atom. The molecule has 0 fully saturated rings. The molecule has 0 aromatic heterocycles. The Bertz CT molecular complexity index is 707. The van der Waals surface area contributed by atoms with Crippen LogP contribution >= 0.6 is 22.6 Å². The molecule has 94 valence electrons. The van der Waals surface area contributed by atoms with Gasteiger partial charge >= 0.3 is 0 Å². The number of carbonyl (C=O) groups is 1. The lowest BCUT2D eigenvalue weighted by atomic mass is 10.0. The molecule has 0 bridgehead atoms. The summed E-state index contributed by atoms with van der Waals surface area (Å²) in [7, 11) is 0. The average molecular weight is 362 g/mol. The fourth-order valence-corrected chi connectivity index (χ4v) is 2.73. The number of benzene rings is 2. The summed E-state index contributed by atoms with van der Waals surface area (Å²) in [6, 6.07) is 15.4. The molecule has 0 spiro atoms. The molecule has 0 saturated heterocycles. The van der Waals surface area contributed by atoms with Crippen LogP contribution in [-0.4, -0.2) is 5.91 Å². The van der Waals surface area contributed by atoms with E-state index in [1.54, 1.807) is 0 Å². The van der Waals surface area contributed by atoms with E-state index in [0.717, 1.165) is 20.4 Å². The zero-order chi connectivity index (χ0) is 13.4. The van der Waals surface area contributed by atoms with Crippen molar-refractivity contribution in [2.24, 2.45) is 5.73 Å². The standard InChI is InChI=1S/C15H11IN2O/c16-10-5-3-4-9(8-10)14(17)13-11-6-1-2-7-12(11)18-15(13)19/h1-8H,17H2,(H,18,19)/b14-13+. The molecule has 3 nitrogen and oxygen atoms in total. The van der Waals surface area contributed by atoms with E-state index >= 15 is 0 Å². The van der Waals surface area contributed by atoms with E-state index in [1.165, 1.54) is 0 Å². The zero-order valence-corrected chi connectivity index (χ0v) is 12.1. The van der Waals surface area contributed by atoms with Gasteiger partial charge in [0.05, 0.1) is 11.3 Å². The van der Waals surface area contributed by atoms with Crippen LogP contribution in [0.4, 0.5) is 5.69 Å². The second kappa shape index (κ2) is 4.70. The predicted octanol–water partition coefficient (Wildman–Crippen LogP) is 3.07. The van der Waals surface area contributed by atoms with Gasteiger partial charge in [-0.15, -0.1) is 0 Å². The number of nitrogens with two attached hydrogens (primary N) is 1. The van der Waals surface area contributed by atoms with Crippen LogP contribution in [0.3, 0.4) is 0 Å². The first kappa shape index (κ1) is 12.2. The SMILES string of the molecule is N/C(=C1/C(=O)Nc2ccccc21)c1cccc(I)c1. The van der Waals surface area contributed by atoms with Crippen LogP contribution in [0.1, 0.15) is 11.1 Å². The summed E-state index contributed by atoms with van der Waals surface area (Å²) in [5.74, 6) is -0.141. The summed E-state index contributed by atoms with van der Waals surface area (Å²) in [6.45, 7) is 0. The number of hydrogen-bond donors (Lipinski definition) is 2. The molecule has 19 heavy (non-hydrogen) atoms. The minimum Gasteiger partial charge on any atom is -0.398 e. The van der Waals surface area contributed by atoms with Crippen LogP contribution in [0.25, 0.3) is 11.3 Å². The van der Waals surface area contributed by atoms with E-state index in [2.05, 4.69) is 27.9 Å². The molecule has 2 aromatic carbocycles. The fourth-order valence-electron chi connectivity index (χ4n) is 2.18. The second-order valence-corrected chi connectivity index (χ2v) is 5.54. The molecular weight excluding hydrogens is 351 g/mol. The van der Waals surface area contributed by atoms with E-state index < -0.39 is 0 Å². The Balaban J connectivity index is 2.20. The number of para-hydroxylation sites is 1. The Kier molecular flexibility index (Phi) is 3.02. The minimum absolute atomic E-state index is 0.141. The van der Waals surface area contributed by atoms with Crippen molar-refractivity contribution in [3.8, 4) is 0 Å². The normalized spacial score (nSPS) is 15.9. The van der Waals surface area contributed by atoms with Gasteiger partial charge in [-0.1, -0.05) is 30.3 Å². The highest BCUT2D eigenvalue weighted by molar-refractivity contribution is 14.1. The molecule has 1 aliphatic rings. The number of fused-ring (bicyclic) bond motifs is 1. The van der Waals surface area contributed by atoms with Crippen LogP contribution in [0.15, 0.2) is 48.5 Å². The Morgan fingerprint density at radius 1 is 1.11 bits per heavy atom. The maximum atomic E-state index is 12.1. The molecule has 1 amide bonds. The summed E-state index contributed by atoms with van der Waals surface area (Å²) in [5.41, 5.74) is 9.81. The largest absolute Gasteiger partial charge is 0.398 e. The van der Waals surface area contributed by atoms with Crippen LogP contribution in [0, 0.1) is 3.57 Å². The monoisotopic (exact) mass is 362 g/mol. The molecule has 3 N–H and O–H groups in total. The molecule has 1 aliphatic heterocycles. The van der Waals surface area contributed by atoms with E-state index in [1.807, 2.05) is 48.5 Å². The number of anilines is 1. The molecule has 0 atom stereocenters. The Hall–Kier alpha value is -1.82. The van der Waals surface area contributed by atoms with E-state index in [0.29, 0.717) is 11.3 Å². The topological polar surface area (TPSA) is 55.1 Å². The van der Waals surface area contributed by atoms with Crippen molar-refractivity contribution in [1.82, 2.24) is 0 Å². The van der Waals surface area contributed by atoms with Gasteiger partial charge in [-0.05, 0) is 46.4 Å². The summed E-state index contributed by atoms with van der Waals surface area (Å²) < 4.78 is 1.09. The van der Waals surface area contributed by atoms with Gasteiger partial charge in [-0.2, -0.15) is 0 Å². The van der Waals surface area contributed by atoms with Crippen molar-refractivity contribution in [1.29, 1.82) is 0 Å².